The number of H-pyrrole nitrogens is 2. The zero-order valence-corrected chi connectivity index (χ0v) is 17.1. The molecule has 0 unspecified atom stereocenters. The Morgan fingerprint density at radius 3 is 2.93 bits per heavy atom. The molecule has 30 heavy (non-hydrogen) atoms. The predicted octanol–water partition coefficient (Wildman–Crippen LogP) is 2.95. The number of piperidine rings is 1. The van der Waals surface area contributed by atoms with Crippen molar-refractivity contribution >= 4 is 17.0 Å². The average Bonchev–Trinajstić information content (AvgIpc) is 3.15. The van der Waals surface area contributed by atoms with Crippen LogP contribution in [0.4, 0.5) is 4.79 Å². The zero-order chi connectivity index (χ0) is 21.3. The smallest absolute Gasteiger partial charge is 0.410 e. The van der Waals surface area contributed by atoms with Crippen LogP contribution in [0.5, 0.6) is 11.8 Å². The zero-order valence-electron chi connectivity index (χ0n) is 17.1. The van der Waals surface area contributed by atoms with Crippen molar-refractivity contribution in [1.29, 1.82) is 0 Å². The minimum atomic E-state index is -0.547. The van der Waals surface area contributed by atoms with Gasteiger partial charge >= 0.3 is 12.1 Å². The number of aromatic amines is 2. The largest absolute Gasteiger partial charge is 0.444 e. The molecule has 0 radical (unpaired) electrons. The molecule has 0 bridgehead atoms. The van der Waals surface area contributed by atoms with Crippen LogP contribution in [0.15, 0.2) is 29.5 Å². The third-order valence-corrected chi connectivity index (χ3v) is 4.81. The van der Waals surface area contributed by atoms with E-state index in [2.05, 4.69) is 25.1 Å². The molecular weight excluding hydrogens is 388 g/mol. The molecule has 10 nitrogen and oxygen atoms in total. The number of fused-ring (bicyclic) bond motifs is 1. The number of nitrogens with one attached hydrogen (secondary N) is 2. The molecule has 3 aromatic heterocycles. The fraction of sp³-hybridized carbons (Fsp3) is 0.450. The molecule has 0 aliphatic carbocycles. The van der Waals surface area contributed by atoms with E-state index in [9.17, 15) is 9.59 Å². The van der Waals surface area contributed by atoms with Crippen LogP contribution in [-0.4, -0.2) is 54.8 Å². The molecule has 10 heteroatoms. The number of carbonyl (C=O) groups is 1. The number of carbonyl (C=O) groups excluding carboxylic acids is 1. The lowest BCUT2D eigenvalue weighted by atomic mass is 9.94. The topological polar surface area (TPSA) is 126 Å². The molecule has 158 valence electrons. The summed E-state index contributed by atoms with van der Waals surface area (Å²) >= 11 is 0. The number of aromatic nitrogens is 5. The molecule has 1 atom stereocenters. The first-order valence-electron chi connectivity index (χ1n) is 9.83. The highest BCUT2D eigenvalue weighted by molar-refractivity contribution is 5.76. The predicted molar refractivity (Wildman–Crippen MR) is 109 cm³/mol. The number of hydrogen-bond donors (Lipinski definition) is 2. The molecule has 0 spiro atoms. The Kier molecular flexibility index (Phi) is 5.15. The summed E-state index contributed by atoms with van der Waals surface area (Å²) in [6.07, 6.45) is 5.95. The molecule has 1 aliphatic rings. The van der Waals surface area contributed by atoms with E-state index in [4.69, 9.17) is 9.47 Å². The van der Waals surface area contributed by atoms with Gasteiger partial charge in [-0.3, -0.25) is 19.9 Å². The Morgan fingerprint density at radius 1 is 1.30 bits per heavy atom. The van der Waals surface area contributed by atoms with Crippen molar-refractivity contribution < 1.29 is 14.3 Å². The van der Waals surface area contributed by atoms with E-state index >= 15 is 0 Å². The number of pyridine rings is 1. The molecule has 1 saturated heterocycles. The summed E-state index contributed by atoms with van der Waals surface area (Å²) in [6.45, 7) is 6.67. The fourth-order valence-electron chi connectivity index (χ4n) is 3.49. The maximum atomic E-state index is 12.5. The van der Waals surface area contributed by atoms with Crippen LogP contribution >= 0.6 is 0 Å². The quantitative estimate of drug-likeness (QED) is 0.677. The van der Waals surface area contributed by atoms with Crippen molar-refractivity contribution in [3.63, 3.8) is 0 Å². The first-order chi connectivity index (χ1) is 14.3. The highest BCUT2D eigenvalue weighted by Gasteiger charge is 2.30. The molecule has 2 N–H and O–H groups in total. The van der Waals surface area contributed by atoms with Gasteiger partial charge in [0.2, 0.25) is 0 Å². The maximum absolute atomic E-state index is 12.5. The van der Waals surface area contributed by atoms with Crippen molar-refractivity contribution in [3.8, 4) is 11.8 Å². The summed E-state index contributed by atoms with van der Waals surface area (Å²) < 4.78 is 11.3. The average molecular weight is 412 g/mol. The highest BCUT2D eigenvalue weighted by Crippen LogP contribution is 2.33. The van der Waals surface area contributed by atoms with Crippen molar-refractivity contribution in [2.45, 2.75) is 45.1 Å². The molecule has 0 saturated carbocycles. The number of nitrogens with zero attached hydrogens (tertiary/aromatic N) is 4. The maximum Gasteiger partial charge on any atom is 0.410 e. The molecule has 4 heterocycles. The Morgan fingerprint density at radius 2 is 2.13 bits per heavy atom. The Bertz CT molecular complexity index is 1120. The third kappa shape index (κ3) is 4.27. The van der Waals surface area contributed by atoms with Crippen LogP contribution in [0.3, 0.4) is 0 Å². The molecular formula is C20H24N6O4. The molecule has 1 fully saturated rings. The number of ether oxygens (including phenoxy) is 2. The second kappa shape index (κ2) is 7.77. The number of rotatable bonds is 3. The van der Waals surface area contributed by atoms with E-state index in [-0.39, 0.29) is 23.6 Å². The van der Waals surface area contributed by atoms with Gasteiger partial charge in [-0.2, -0.15) is 10.1 Å². The van der Waals surface area contributed by atoms with Gasteiger partial charge in [0.25, 0.3) is 5.56 Å². The Hall–Kier alpha value is -3.43. The van der Waals surface area contributed by atoms with Gasteiger partial charge in [0.15, 0.2) is 5.75 Å². The first kappa shape index (κ1) is 19.9. The van der Waals surface area contributed by atoms with E-state index in [1.165, 1.54) is 18.6 Å². The van der Waals surface area contributed by atoms with Crippen LogP contribution in [0, 0.1) is 0 Å². The van der Waals surface area contributed by atoms with Crippen molar-refractivity contribution in [2.24, 2.45) is 0 Å². The second-order valence-corrected chi connectivity index (χ2v) is 8.28. The lowest BCUT2D eigenvalue weighted by Gasteiger charge is -2.33. The number of hydrogen-bond acceptors (Lipinski definition) is 7. The van der Waals surface area contributed by atoms with E-state index in [1.807, 2.05) is 20.8 Å². The minimum absolute atomic E-state index is 0.00221. The van der Waals surface area contributed by atoms with Gasteiger partial charge in [0.1, 0.15) is 5.60 Å². The van der Waals surface area contributed by atoms with Crippen LogP contribution in [0.25, 0.3) is 10.9 Å². The summed E-state index contributed by atoms with van der Waals surface area (Å²) in [5.41, 5.74) is 0.331. The van der Waals surface area contributed by atoms with Crippen molar-refractivity contribution in [3.05, 3.63) is 40.7 Å². The summed E-state index contributed by atoms with van der Waals surface area (Å²) in [6, 6.07) is 1.66. The van der Waals surface area contributed by atoms with Crippen molar-refractivity contribution in [2.75, 3.05) is 13.1 Å². The lowest BCUT2D eigenvalue weighted by Crippen LogP contribution is -2.42. The van der Waals surface area contributed by atoms with Crippen LogP contribution in [0.2, 0.25) is 0 Å². The highest BCUT2D eigenvalue weighted by atomic mass is 16.6. The van der Waals surface area contributed by atoms with Gasteiger partial charge in [0.05, 0.1) is 29.0 Å². The van der Waals surface area contributed by atoms with Gasteiger partial charge in [-0.05, 0) is 39.7 Å². The van der Waals surface area contributed by atoms with Gasteiger partial charge in [-0.25, -0.2) is 4.79 Å². The number of amides is 1. The van der Waals surface area contributed by atoms with Crippen molar-refractivity contribution in [1.82, 2.24) is 30.0 Å². The van der Waals surface area contributed by atoms with Crippen LogP contribution in [0.1, 0.15) is 45.2 Å². The molecule has 1 amide bonds. The van der Waals surface area contributed by atoms with E-state index in [1.54, 1.807) is 11.0 Å². The lowest BCUT2D eigenvalue weighted by molar-refractivity contribution is 0.0196. The molecule has 3 aromatic rings. The summed E-state index contributed by atoms with van der Waals surface area (Å²) in [7, 11) is 0. The van der Waals surface area contributed by atoms with E-state index < -0.39 is 5.60 Å². The van der Waals surface area contributed by atoms with Gasteiger partial charge in [0, 0.05) is 25.2 Å². The van der Waals surface area contributed by atoms with E-state index in [0.29, 0.717) is 29.7 Å². The Labute approximate surface area is 172 Å². The van der Waals surface area contributed by atoms with E-state index in [0.717, 1.165) is 18.5 Å². The summed E-state index contributed by atoms with van der Waals surface area (Å²) in [5, 5.41) is 7.50. The van der Waals surface area contributed by atoms with Crippen LogP contribution in [-0.2, 0) is 4.74 Å². The molecule has 4 rings (SSSR count). The Balaban J connectivity index is 1.53. The van der Waals surface area contributed by atoms with Gasteiger partial charge in [-0.1, -0.05) is 0 Å². The number of likely N-dealkylation sites (tertiary alicyclic amines) is 1. The summed E-state index contributed by atoms with van der Waals surface area (Å²) in [5.74, 6) is 0.454. The molecule has 1 aliphatic heterocycles. The van der Waals surface area contributed by atoms with Gasteiger partial charge < -0.3 is 14.4 Å². The standard InChI is InChI=1S/C20H24N6O4/c1-20(2,3)30-19(28)26-8-4-5-12(11-26)16-15(10-22-25-16)29-18-23-14-9-21-7-6-13(14)17(27)24-18/h6-7,9-10,12H,4-5,8,11H2,1-3H3,(H,22,25)(H,23,24,27)/t12-/m0/s1. The minimum Gasteiger partial charge on any atom is -0.444 e. The van der Waals surface area contributed by atoms with Gasteiger partial charge in [-0.15, -0.1) is 0 Å². The molecule has 0 aromatic carbocycles. The third-order valence-electron chi connectivity index (χ3n) is 4.81. The summed E-state index contributed by atoms with van der Waals surface area (Å²) in [4.78, 5) is 37.4. The fourth-order valence-corrected chi connectivity index (χ4v) is 3.49. The monoisotopic (exact) mass is 412 g/mol. The SMILES string of the molecule is CC(C)(C)OC(=O)N1CCC[C@H](c2[nH]ncc2Oc2nc3cnccc3c(=O)[nH]2)C1. The van der Waals surface area contributed by atoms with Crippen LogP contribution < -0.4 is 10.3 Å². The normalized spacial score (nSPS) is 17.2. The second-order valence-electron chi connectivity index (χ2n) is 8.28. The first-order valence-corrected chi connectivity index (χ1v) is 9.83.